The van der Waals surface area contributed by atoms with E-state index in [2.05, 4.69) is 22.7 Å². The fraction of sp³-hybridized carbons (Fsp3) is 0.130. The molecule has 0 radical (unpaired) electrons. The molecule has 0 fully saturated rings. The SMILES string of the molecule is COc1ccc(/C=N\NC(=O)c2ccc(CSc3ccccc3)cc2)cc1OC. The van der Waals surface area contributed by atoms with Crippen molar-refractivity contribution >= 4 is 23.9 Å². The molecule has 6 heteroatoms. The van der Waals surface area contributed by atoms with Crippen LogP contribution in [0.5, 0.6) is 11.5 Å². The Labute approximate surface area is 174 Å². The molecule has 1 N–H and O–H groups in total. The molecule has 3 aromatic rings. The average Bonchev–Trinajstić information content (AvgIpc) is 2.78. The molecule has 0 spiro atoms. The minimum Gasteiger partial charge on any atom is -0.493 e. The summed E-state index contributed by atoms with van der Waals surface area (Å²) in [5.41, 5.74) is 5.05. The highest BCUT2D eigenvalue weighted by atomic mass is 32.2. The van der Waals surface area contributed by atoms with Crippen LogP contribution in [0.2, 0.25) is 0 Å². The van der Waals surface area contributed by atoms with Crippen LogP contribution < -0.4 is 14.9 Å². The van der Waals surface area contributed by atoms with Gasteiger partial charge in [-0.05, 0) is 53.6 Å². The predicted molar refractivity (Wildman–Crippen MR) is 117 cm³/mol. The fourth-order valence-electron chi connectivity index (χ4n) is 2.60. The first-order valence-electron chi connectivity index (χ1n) is 9.02. The minimum absolute atomic E-state index is 0.260. The van der Waals surface area contributed by atoms with Crippen molar-refractivity contribution in [3.63, 3.8) is 0 Å². The molecule has 0 saturated carbocycles. The van der Waals surface area contributed by atoms with Gasteiger partial charge < -0.3 is 9.47 Å². The third-order valence-electron chi connectivity index (χ3n) is 4.15. The highest BCUT2D eigenvalue weighted by molar-refractivity contribution is 7.98. The van der Waals surface area contributed by atoms with Gasteiger partial charge in [0.2, 0.25) is 0 Å². The van der Waals surface area contributed by atoms with E-state index in [1.54, 1.807) is 44.3 Å². The van der Waals surface area contributed by atoms with E-state index in [-0.39, 0.29) is 5.91 Å². The lowest BCUT2D eigenvalue weighted by Gasteiger charge is -2.07. The summed E-state index contributed by atoms with van der Waals surface area (Å²) in [7, 11) is 3.15. The van der Waals surface area contributed by atoms with Crippen molar-refractivity contribution in [2.45, 2.75) is 10.6 Å². The summed E-state index contributed by atoms with van der Waals surface area (Å²) in [6.45, 7) is 0. The van der Waals surface area contributed by atoms with Crippen molar-refractivity contribution < 1.29 is 14.3 Å². The maximum Gasteiger partial charge on any atom is 0.271 e. The summed E-state index contributed by atoms with van der Waals surface area (Å²) in [4.78, 5) is 13.5. The second-order valence-electron chi connectivity index (χ2n) is 6.11. The molecule has 5 nitrogen and oxygen atoms in total. The monoisotopic (exact) mass is 406 g/mol. The second-order valence-corrected chi connectivity index (χ2v) is 7.16. The molecular weight excluding hydrogens is 384 g/mol. The van der Waals surface area contributed by atoms with Crippen LogP contribution in [0, 0.1) is 0 Å². The molecule has 3 rings (SSSR count). The minimum atomic E-state index is -0.260. The molecule has 0 heterocycles. The molecule has 0 saturated heterocycles. The smallest absolute Gasteiger partial charge is 0.271 e. The van der Waals surface area contributed by atoms with E-state index in [0.717, 1.165) is 16.9 Å². The number of hydrazone groups is 1. The number of nitrogens with one attached hydrogen (secondary N) is 1. The van der Waals surface area contributed by atoms with Crippen LogP contribution in [0.1, 0.15) is 21.5 Å². The Balaban J connectivity index is 1.54. The van der Waals surface area contributed by atoms with Gasteiger partial charge in [-0.25, -0.2) is 5.43 Å². The quantitative estimate of drug-likeness (QED) is 0.333. The zero-order valence-electron chi connectivity index (χ0n) is 16.3. The highest BCUT2D eigenvalue weighted by Gasteiger charge is 2.05. The number of methoxy groups -OCH3 is 2. The van der Waals surface area contributed by atoms with E-state index in [9.17, 15) is 4.79 Å². The van der Waals surface area contributed by atoms with Crippen LogP contribution in [0.15, 0.2) is 82.8 Å². The van der Waals surface area contributed by atoms with Gasteiger partial charge in [0.05, 0.1) is 20.4 Å². The van der Waals surface area contributed by atoms with Crippen LogP contribution >= 0.6 is 11.8 Å². The van der Waals surface area contributed by atoms with Crippen molar-refractivity contribution in [2.24, 2.45) is 5.10 Å². The van der Waals surface area contributed by atoms with E-state index in [4.69, 9.17) is 9.47 Å². The number of amides is 1. The summed E-state index contributed by atoms with van der Waals surface area (Å²) >= 11 is 1.76. The van der Waals surface area contributed by atoms with Gasteiger partial charge in [0, 0.05) is 16.2 Å². The van der Waals surface area contributed by atoms with Crippen molar-refractivity contribution in [1.29, 1.82) is 0 Å². The number of rotatable bonds is 8. The Morgan fingerprint density at radius 3 is 2.38 bits per heavy atom. The second kappa shape index (κ2) is 10.3. The molecule has 0 atom stereocenters. The number of carbonyl (C=O) groups excluding carboxylic acids is 1. The molecule has 0 unspecified atom stereocenters. The summed E-state index contributed by atoms with van der Waals surface area (Å²) < 4.78 is 10.5. The van der Waals surface area contributed by atoms with Gasteiger partial charge in [-0.1, -0.05) is 30.3 Å². The molecule has 0 aromatic heterocycles. The summed E-state index contributed by atoms with van der Waals surface area (Å²) in [6, 6.07) is 23.2. The summed E-state index contributed by atoms with van der Waals surface area (Å²) in [5, 5.41) is 4.02. The van der Waals surface area contributed by atoms with Gasteiger partial charge in [0.15, 0.2) is 11.5 Å². The Morgan fingerprint density at radius 1 is 0.966 bits per heavy atom. The van der Waals surface area contributed by atoms with Crippen molar-refractivity contribution in [3.05, 3.63) is 89.5 Å². The van der Waals surface area contributed by atoms with Crippen molar-refractivity contribution in [2.75, 3.05) is 14.2 Å². The number of nitrogens with zero attached hydrogens (tertiary/aromatic N) is 1. The number of thioether (sulfide) groups is 1. The topological polar surface area (TPSA) is 59.9 Å². The van der Waals surface area contributed by atoms with Gasteiger partial charge in [-0.3, -0.25) is 4.79 Å². The number of ether oxygens (including phenoxy) is 2. The van der Waals surface area contributed by atoms with Crippen LogP contribution in [-0.4, -0.2) is 26.3 Å². The summed E-state index contributed by atoms with van der Waals surface area (Å²) in [5.74, 6) is 1.83. The molecule has 0 aliphatic carbocycles. The van der Waals surface area contributed by atoms with Gasteiger partial charge in [-0.15, -0.1) is 11.8 Å². The lowest BCUT2D eigenvalue weighted by atomic mass is 10.1. The molecule has 1 amide bonds. The van der Waals surface area contributed by atoms with Gasteiger partial charge in [-0.2, -0.15) is 5.10 Å². The van der Waals surface area contributed by atoms with E-state index in [0.29, 0.717) is 17.1 Å². The molecule has 29 heavy (non-hydrogen) atoms. The highest BCUT2D eigenvalue weighted by Crippen LogP contribution is 2.27. The molecule has 148 valence electrons. The number of hydrogen-bond acceptors (Lipinski definition) is 5. The van der Waals surface area contributed by atoms with Crippen molar-refractivity contribution in [1.82, 2.24) is 5.43 Å². The first-order valence-corrected chi connectivity index (χ1v) is 10.0. The Morgan fingerprint density at radius 2 is 1.69 bits per heavy atom. The lowest BCUT2D eigenvalue weighted by Crippen LogP contribution is -2.17. The Hall–Kier alpha value is -3.25. The zero-order chi connectivity index (χ0) is 20.5. The van der Waals surface area contributed by atoms with Crippen LogP contribution in [0.4, 0.5) is 0 Å². The maximum absolute atomic E-state index is 12.3. The third kappa shape index (κ3) is 5.86. The first kappa shape index (κ1) is 20.5. The third-order valence-corrected chi connectivity index (χ3v) is 5.24. The predicted octanol–water partition coefficient (Wildman–Crippen LogP) is 4.76. The van der Waals surface area contributed by atoms with Crippen molar-refractivity contribution in [3.8, 4) is 11.5 Å². The Bertz CT molecular complexity index is 973. The molecule has 0 aliphatic heterocycles. The normalized spacial score (nSPS) is 10.7. The number of hydrogen-bond donors (Lipinski definition) is 1. The summed E-state index contributed by atoms with van der Waals surface area (Å²) in [6.07, 6.45) is 1.56. The lowest BCUT2D eigenvalue weighted by molar-refractivity contribution is 0.0955. The fourth-order valence-corrected chi connectivity index (χ4v) is 3.47. The number of benzene rings is 3. The zero-order valence-corrected chi connectivity index (χ0v) is 17.1. The van der Waals surface area contributed by atoms with Gasteiger partial charge >= 0.3 is 0 Å². The van der Waals surface area contributed by atoms with Crippen LogP contribution in [-0.2, 0) is 5.75 Å². The van der Waals surface area contributed by atoms with Gasteiger partial charge in [0.1, 0.15) is 0 Å². The molecule has 0 aliphatic rings. The van der Waals surface area contributed by atoms with Crippen LogP contribution in [0.3, 0.4) is 0 Å². The molecular formula is C23H22N2O3S. The standard InChI is InChI=1S/C23H22N2O3S/c1-27-21-13-10-18(14-22(21)28-2)15-24-25-23(26)19-11-8-17(9-12-19)16-29-20-6-4-3-5-7-20/h3-15H,16H2,1-2H3,(H,25,26)/b24-15-. The van der Waals surface area contributed by atoms with E-state index in [1.165, 1.54) is 4.90 Å². The average molecular weight is 407 g/mol. The first-order chi connectivity index (χ1) is 14.2. The molecule has 3 aromatic carbocycles. The number of carbonyl (C=O) groups is 1. The van der Waals surface area contributed by atoms with Crippen LogP contribution in [0.25, 0.3) is 0 Å². The maximum atomic E-state index is 12.3. The largest absolute Gasteiger partial charge is 0.493 e. The van der Waals surface area contributed by atoms with Gasteiger partial charge in [0.25, 0.3) is 5.91 Å². The Kier molecular flexibility index (Phi) is 7.30. The van der Waals surface area contributed by atoms with E-state index in [1.807, 2.05) is 48.5 Å². The molecule has 0 bridgehead atoms. The van der Waals surface area contributed by atoms with E-state index >= 15 is 0 Å². The van der Waals surface area contributed by atoms with E-state index < -0.39 is 0 Å².